The number of hydrogen-bond donors (Lipinski definition) is 1. The molecule has 7 nitrogen and oxygen atoms in total. The highest BCUT2D eigenvalue weighted by atomic mass is 35.5. The number of benzene rings is 1. The third kappa shape index (κ3) is 5.36. The van der Waals surface area contributed by atoms with Crippen molar-refractivity contribution in [1.29, 1.82) is 0 Å². The zero-order valence-electron chi connectivity index (χ0n) is 27.1. The van der Waals surface area contributed by atoms with E-state index < -0.39 is 34.6 Å². The highest BCUT2D eigenvalue weighted by molar-refractivity contribution is 6.31. The molecule has 2 aromatic rings. The first kappa shape index (κ1) is 33.4. The zero-order chi connectivity index (χ0) is 33.0. The van der Waals surface area contributed by atoms with E-state index in [2.05, 4.69) is 24.1 Å². The van der Waals surface area contributed by atoms with Gasteiger partial charge in [-0.05, 0) is 105 Å². The number of carbonyl (C=O) groups excluding carboxylic acids is 3. The van der Waals surface area contributed by atoms with E-state index in [9.17, 15) is 14.4 Å². The van der Waals surface area contributed by atoms with Crippen LogP contribution >= 0.6 is 23.2 Å². The summed E-state index contributed by atoms with van der Waals surface area (Å²) < 4.78 is 22.2. The van der Waals surface area contributed by atoms with Crippen LogP contribution in [0.25, 0.3) is 0 Å². The summed E-state index contributed by atoms with van der Waals surface area (Å²) in [7, 11) is 0. The molecule has 2 spiro atoms. The van der Waals surface area contributed by atoms with Crippen LogP contribution in [0, 0.1) is 28.5 Å². The summed E-state index contributed by atoms with van der Waals surface area (Å²) in [4.78, 5) is 47.9. The second kappa shape index (κ2) is 12.5. The van der Waals surface area contributed by atoms with E-state index >= 15 is 4.39 Å². The van der Waals surface area contributed by atoms with Gasteiger partial charge in [0.25, 0.3) is 5.91 Å². The number of hydrogen-bond acceptors (Lipinski definition) is 5. The molecule has 10 heteroatoms. The molecular weight excluding hydrogens is 628 g/mol. The van der Waals surface area contributed by atoms with E-state index in [1.54, 1.807) is 23.1 Å². The number of nitrogens with zero attached hydrogens (tertiary/aromatic N) is 2. The topological polar surface area (TPSA) is 88.6 Å². The van der Waals surface area contributed by atoms with Gasteiger partial charge in [0.2, 0.25) is 5.91 Å². The van der Waals surface area contributed by atoms with Crippen LogP contribution in [0.3, 0.4) is 0 Å². The van der Waals surface area contributed by atoms with Gasteiger partial charge in [-0.1, -0.05) is 43.1 Å². The Balaban J connectivity index is 1.40. The minimum absolute atomic E-state index is 0.00393. The van der Waals surface area contributed by atoms with Gasteiger partial charge in [-0.15, -0.1) is 0 Å². The standard InChI is InChI=1S/C36H44Cl2FN3O4/c1-5-42(6-2)32(44)28-10-7-21(20-46-28)17-27(43)24-19-35(14-12-34(3,4)13-15-35)36(29(24)23-11-16-40-31(38)30(23)39)25-9-8-22(37)18-26(25)41-33(36)45/h8-9,11,16,18,21,24,28-29H,5-7,10,12-15,17,19-20H2,1-4H3,(H,41,45)/t21-,24-,28-,29-,36+/m0/s1. The first-order valence-corrected chi connectivity index (χ1v) is 17.5. The van der Waals surface area contributed by atoms with Crippen molar-refractivity contribution in [2.45, 2.75) is 96.5 Å². The van der Waals surface area contributed by atoms with Gasteiger partial charge in [-0.3, -0.25) is 14.4 Å². The quantitative estimate of drug-likeness (QED) is 0.304. The lowest BCUT2D eigenvalue weighted by atomic mass is 9.51. The molecule has 2 saturated carbocycles. The normalized spacial score (nSPS) is 29.5. The van der Waals surface area contributed by atoms with Crippen LogP contribution in [0.15, 0.2) is 30.5 Å². The maximum atomic E-state index is 16.2. The summed E-state index contributed by atoms with van der Waals surface area (Å²) >= 11 is 12.7. The lowest BCUT2D eigenvalue weighted by molar-refractivity contribution is -0.148. The molecule has 1 aromatic heterocycles. The van der Waals surface area contributed by atoms with Gasteiger partial charge >= 0.3 is 0 Å². The molecule has 6 rings (SSSR count). The van der Waals surface area contributed by atoms with Crippen molar-refractivity contribution in [3.8, 4) is 0 Å². The van der Waals surface area contributed by atoms with Crippen molar-refractivity contribution < 1.29 is 23.5 Å². The number of Topliss-reactive ketones (excluding diaryl/α,β-unsaturated/α-hetero) is 1. The van der Waals surface area contributed by atoms with Crippen LogP contribution in [0.1, 0.15) is 96.1 Å². The first-order valence-electron chi connectivity index (χ1n) is 16.7. The lowest BCUT2D eigenvalue weighted by Crippen LogP contribution is -2.52. The van der Waals surface area contributed by atoms with Crippen LogP contribution in [0.2, 0.25) is 10.2 Å². The van der Waals surface area contributed by atoms with Crippen LogP contribution in [0.4, 0.5) is 10.1 Å². The third-order valence-electron chi connectivity index (χ3n) is 11.7. The summed E-state index contributed by atoms with van der Waals surface area (Å²) in [5.74, 6) is -2.39. The van der Waals surface area contributed by atoms with E-state index in [0.717, 1.165) is 31.2 Å². The number of fused-ring (bicyclic) bond motifs is 3. The van der Waals surface area contributed by atoms with Crippen molar-refractivity contribution in [2.24, 2.45) is 22.7 Å². The van der Waals surface area contributed by atoms with Gasteiger partial charge in [0.1, 0.15) is 11.9 Å². The highest BCUT2D eigenvalue weighted by Gasteiger charge is 2.72. The molecule has 0 radical (unpaired) electrons. The van der Waals surface area contributed by atoms with Gasteiger partial charge in [-0.25, -0.2) is 9.37 Å². The van der Waals surface area contributed by atoms with Crippen LogP contribution in [-0.4, -0.2) is 53.3 Å². The Labute approximate surface area is 280 Å². The number of anilines is 1. The molecule has 0 bridgehead atoms. The number of carbonyl (C=O) groups is 3. The Kier molecular flexibility index (Phi) is 9.05. The van der Waals surface area contributed by atoms with Crippen molar-refractivity contribution in [3.63, 3.8) is 0 Å². The Hall–Kier alpha value is -2.55. The van der Waals surface area contributed by atoms with Gasteiger partial charge in [0.15, 0.2) is 11.0 Å². The fraction of sp³-hybridized carbons (Fsp3) is 0.611. The number of aromatic nitrogens is 1. The summed E-state index contributed by atoms with van der Waals surface area (Å²) in [5, 5.41) is 3.33. The summed E-state index contributed by atoms with van der Waals surface area (Å²) in [6.45, 7) is 9.95. The number of amides is 2. The number of nitrogens with one attached hydrogen (secondary N) is 1. The largest absolute Gasteiger partial charge is 0.368 e. The van der Waals surface area contributed by atoms with Crippen LogP contribution in [0.5, 0.6) is 0 Å². The van der Waals surface area contributed by atoms with Crippen molar-refractivity contribution in [1.82, 2.24) is 9.88 Å². The molecule has 0 unspecified atom stereocenters. The zero-order valence-corrected chi connectivity index (χ0v) is 28.6. The van der Waals surface area contributed by atoms with Gasteiger partial charge in [0, 0.05) is 48.3 Å². The Morgan fingerprint density at radius 3 is 2.46 bits per heavy atom. The van der Waals surface area contributed by atoms with Gasteiger partial charge < -0.3 is 15.0 Å². The molecule has 3 heterocycles. The highest BCUT2D eigenvalue weighted by Crippen LogP contribution is 2.72. The molecule has 1 aromatic carbocycles. The number of rotatable bonds is 7. The van der Waals surface area contributed by atoms with Crippen LogP contribution in [-0.2, 0) is 24.5 Å². The van der Waals surface area contributed by atoms with Gasteiger partial charge in [-0.2, -0.15) is 0 Å². The fourth-order valence-electron chi connectivity index (χ4n) is 9.24. The van der Waals surface area contributed by atoms with E-state index in [4.69, 9.17) is 27.9 Å². The molecule has 248 valence electrons. The predicted molar refractivity (Wildman–Crippen MR) is 177 cm³/mol. The number of ketones is 1. The molecule has 3 fully saturated rings. The maximum absolute atomic E-state index is 16.2. The average Bonchev–Trinajstić information content (AvgIpc) is 3.49. The molecule has 1 saturated heterocycles. The summed E-state index contributed by atoms with van der Waals surface area (Å²) in [5.41, 5.74) is -0.0464. The maximum Gasteiger partial charge on any atom is 0.251 e. The molecule has 4 aliphatic rings. The lowest BCUT2D eigenvalue weighted by Gasteiger charge is -2.51. The molecular formula is C36H44Cl2FN3O4. The fourth-order valence-corrected chi connectivity index (χ4v) is 9.57. The smallest absolute Gasteiger partial charge is 0.251 e. The Morgan fingerprint density at radius 2 is 1.80 bits per heavy atom. The molecule has 1 N–H and O–H groups in total. The third-order valence-corrected chi connectivity index (χ3v) is 12.2. The molecule has 5 atom stereocenters. The Morgan fingerprint density at radius 1 is 1.09 bits per heavy atom. The molecule has 2 aliphatic heterocycles. The van der Waals surface area contributed by atoms with Crippen molar-refractivity contribution in [2.75, 3.05) is 25.0 Å². The van der Waals surface area contributed by atoms with E-state index in [-0.39, 0.29) is 46.1 Å². The first-order chi connectivity index (χ1) is 21.9. The van der Waals surface area contributed by atoms with E-state index in [1.165, 1.54) is 6.20 Å². The van der Waals surface area contributed by atoms with Gasteiger partial charge in [0.05, 0.1) is 12.0 Å². The second-order valence-corrected chi connectivity index (χ2v) is 15.4. The minimum atomic E-state index is -1.19. The molecule has 2 amide bonds. The number of halogens is 3. The minimum Gasteiger partial charge on any atom is -0.368 e. The number of likely N-dealkylation sites (N-methyl/N-ethyl adjacent to an activating group) is 1. The van der Waals surface area contributed by atoms with Crippen molar-refractivity contribution >= 4 is 46.5 Å². The monoisotopic (exact) mass is 671 g/mol. The van der Waals surface area contributed by atoms with Crippen molar-refractivity contribution in [3.05, 3.63) is 57.6 Å². The molecule has 46 heavy (non-hydrogen) atoms. The summed E-state index contributed by atoms with van der Waals surface area (Å²) in [6, 6.07) is 7.01. The Bertz CT molecular complexity index is 1530. The number of ether oxygens (including phenoxy) is 1. The van der Waals surface area contributed by atoms with Crippen LogP contribution < -0.4 is 5.32 Å². The number of pyridine rings is 1. The van der Waals surface area contributed by atoms with E-state index in [1.807, 2.05) is 19.9 Å². The second-order valence-electron chi connectivity index (χ2n) is 14.6. The predicted octanol–water partition coefficient (Wildman–Crippen LogP) is 7.73. The average molecular weight is 673 g/mol. The SMILES string of the molecule is CCN(CC)C(=O)[C@@H]1CC[C@@H](CC(=O)[C@@H]2CC3(CCC(C)(C)CC3)[C@@]3(C(=O)Nc4cc(Cl)ccc43)[C@H]2c2ccnc(Cl)c2F)CO1. The summed E-state index contributed by atoms with van der Waals surface area (Å²) in [6.07, 6.45) is 6.14. The van der Waals surface area contributed by atoms with E-state index in [0.29, 0.717) is 49.7 Å². The molecule has 2 aliphatic carbocycles.